The Morgan fingerprint density at radius 1 is 1.41 bits per heavy atom. The smallest absolute Gasteiger partial charge is 0.331 e. The van der Waals surface area contributed by atoms with Crippen LogP contribution >= 0.6 is 0 Å². The van der Waals surface area contributed by atoms with Gasteiger partial charge >= 0.3 is 5.97 Å². The van der Waals surface area contributed by atoms with Crippen molar-refractivity contribution in [3.8, 4) is 0 Å². The SMILES string of the molecule is C[C@@H]1CC[C@@H]2C(C(=O)O)=C[C@@H]3CC(C)(C)C[C@@]132. The first-order valence-corrected chi connectivity index (χ1v) is 6.82. The van der Waals surface area contributed by atoms with Crippen LogP contribution in [0.25, 0.3) is 0 Å². The van der Waals surface area contributed by atoms with Crippen molar-refractivity contribution in [1.82, 2.24) is 0 Å². The van der Waals surface area contributed by atoms with E-state index in [1.54, 1.807) is 0 Å². The number of carboxylic acids is 1. The molecular formula is C15H22O2. The lowest BCUT2D eigenvalue weighted by Crippen LogP contribution is -2.32. The number of aliphatic carboxylic acids is 1. The fraction of sp³-hybridized carbons (Fsp3) is 0.800. The van der Waals surface area contributed by atoms with Crippen molar-refractivity contribution in [2.75, 3.05) is 0 Å². The molecule has 2 heteroatoms. The Hall–Kier alpha value is -0.790. The van der Waals surface area contributed by atoms with E-state index in [4.69, 9.17) is 0 Å². The summed E-state index contributed by atoms with van der Waals surface area (Å²) in [5.74, 6) is 0.871. The maximum Gasteiger partial charge on any atom is 0.331 e. The first-order chi connectivity index (χ1) is 7.87. The van der Waals surface area contributed by atoms with E-state index in [-0.39, 0.29) is 5.41 Å². The topological polar surface area (TPSA) is 37.3 Å². The van der Waals surface area contributed by atoms with E-state index in [0.29, 0.717) is 23.2 Å². The maximum atomic E-state index is 11.4. The second-order valence-electron chi connectivity index (χ2n) is 7.22. The monoisotopic (exact) mass is 234 g/mol. The molecule has 0 unspecified atom stereocenters. The molecule has 0 aliphatic heterocycles. The molecule has 0 aromatic heterocycles. The van der Waals surface area contributed by atoms with Crippen LogP contribution in [-0.4, -0.2) is 11.1 Å². The summed E-state index contributed by atoms with van der Waals surface area (Å²) in [5, 5.41) is 9.36. The van der Waals surface area contributed by atoms with Crippen LogP contribution in [0.1, 0.15) is 46.5 Å². The molecule has 0 aromatic carbocycles. The highest BCUT2D eigenvalue weighted by atomic mass is 16.4. The zero-order valence-corrected chi connectivity index (χ0v) is 11.0. The van der Waals surface area contributed by atoms with Crippen LogP contribution in [-0.2, 0) is 4.79 Å². The molecule has 4 atom stereocenters. The van der Waals surface area contributed by atoms with E-state index in [9.17, 15) is 9.90 Å². The molecule has 3 rings (SSSR count). The van der Waals surface area contributed by atoms with Crippen LogP contribution in [0.2, 0.25) is 0 Å². The second kappa shape index (κ2) is 3.15. The fourth-order valence-corrected chi connectivity index (χ4v) is 5.25. The summed E-state index contributed by atoms with van der Waals surface area (Å²) in [4.78, 5) is 11.4. The van der Waals surface area contributed by atoms with Crippen LogP contribution in [0.5, 0.6) is 0 Å². The van der Waals surface area contributed by atoms with Gasteiger partial charge in [-0.1, -0.05) is 26.8 Å². The van der Waals surface area contributed by atoms with Crippen LogP contribution < -0.4 is 0 Å². The summed E-state index contributed by atoms with van der Waals surface area (Å²) in [6, 6.07) is 0. The number of hydrogen-bond acceptors (Lipinski definition) is 1. The zero-order chi connectivity index (χ0) is 12.4. The molecule has 0 heterocycles. The quantitative estimate of drug-likeness (QED) is 0.754. The molecule has 0 radical (unpaired) electrons. The second-order valence-corrected chi connectivity index (χ2v) is 7.22. The van der Waals surface area contributed by atoms with Crippen molar-refractivity contribution in [2.24, 2.45) is 28.6 Å². The van der Waals surface area contributed by atoms with Crippen molar-refractivity contribution in [3.63, 3.8) is 0 Å². The molecule has 1 spiro atoms. The summed E-state index contributed by atoms with van der Waals surface area (Å²) >= 11 is 0. The summed E-state index contributed by atoms with van der Waals surface area (Å²) < 4.78 is 0. The normalized spacial score (nSPS) is 46.5. The van der Waals surface area contributed by atoms with Crippen molar-refractivity contribution in [1.29, 1.82) is 0 Å². The van der Waals surface area contributed by atoms with E-state index in [2.05, 4.69) is 26.8 Å². The molecule has 2 nitrogen and oxygen atoms in total. The zero-order valence-electron chi connectivity index (χ0n) is 11.0. The minimum Gasteiger partial charge on any atom is -0.478 e. The third kappa shape index (κ3) is 1.30. The standard InChI is InChI=1S/C15H22O2/c1-9-4-5-12-11(13(16)17)6-10-7-14(2,3)8-15(9,10)12/h6,9-10,12H,4-5,7-8H2,1-3H3,(H,16,17)/t9-,10-,12-,15-/m1/s1. The average Bonchev–Trinajstić information content (AvgIpc) is 2.73. The van der Waals surface area contributed by atoms with Gasteiger partial charge in [-0.05, 0) is 54.3 Å². The Kier molecular flexibility index (Phi) is 2.10. The predicted molar refractivity (Wildman–Crippen MR) is 66.5 cm³/mol. The number of carboxylic acid groups (broad SMARTS) is 1. The molecule has 17 heavy (non-hydrogen) atoms. The lowest BCUT2D eigenvalue weighted by Gasteiger charge is -2.36. The minimum atomic E-state index is -0.671. The molecule has 2 saturated carbocycles. The van der Waals surface area contributed by atoms with Gasteiger partial charge in [0.25, 0.3) is 0 Å². The van der Waals surface area contributed by atoms with Crippen molar-refractivity contribution in [3.05, 3.63) is 11.6 Å². The van der Waals surface area contributed by atoms with Crippen LogP contribution in [0.3, 0.4) is 0 Å². The highest BCUT2D eigenvalue weighted by molar-refractivity contribution is 5.88. The van der Waals surface area contributed by atoms with Gasteiger partial charge in [0.15, 0.2) is 0 Å². The molecule has 1 N–H and O–H groups in total. The highest BCUT2D eigenvalue weighted by Crippen LogP contribution is 2.70. The molecule has 0 bridgehead atoms. The van der Waals surface area contributed by atoms with Gasteiger partial charge in [0.05, 0.1) is 0 Å². The van der Waals surface area contributed by atoms with Gasteiger partial charge in [0.2, 0.25) is 0 Å². The predicted octanol–water partition coefficient (Wildman–Crippen LogP) is 3.48. The van der Waals surface area contributed by atoms with Gasteiger partial charge in [0, 0.05) is 5.57 Å². The molecule has 3 aliphatic rings. The summed E-state index contributed by atoms with van der Waals surface area (Å²) in [6.07, 6.45) is 6.79. The Balaban J connectivity index is 2.06. The van der Waals surface area contributed by atoms with E-state index in [0.717, 1.165) is 12.0 Å². The van der Waals surface area contributed by atoms with Crippen LogP contribution in [0.15, 0.2) is 11.6 Å². The van der Waals surface area contributed by atoms with E-state index < -0.39 is 5.97 Å². The Labute approximate surface area is 103 Å². The summed E-state index contributed by atoms with van der Waals surface area (Å²) in [7, 11) is 0. The highest BCUT2D eigenvalue weighted by Gasteiger charge is 2.63. The lowest BCUT2D eigenvalue weighted by molar-refractivity contribution is -0.133. The third-order valence-electron chi connectivity index (χ3n) is 5.71. The summed E-state index contributed by atoms with van der Waals surface area (Å²) in [6.45, 7) is 7.03. The van der Waals surface area contributed by atoms with E-state index in [1.807, 2.05) is 0 Å². The van der Waals surface area contributed by atoms with Gasteiger partial charge in [0.1, 0.15) is 0 Å². The van der Waals surface area contributed by atoms with Gasteiger partial charge in [-0.15, -0.1) is 0 Å². The van der Waals surface area contributed by atoms with Crippen molar-refractivity contribution in [2.45, 2.75) is 46.5 Å². The van der Waals surface area contributed by atoms with Crippen LogP contribution in [0, 0.1) is 28.6 Å². The number of carbonyl (C=O) groups is 1. The van der Waals surface area contributed by atoms with Gasteiger partial charge in [-0.2, -0.15) is 0 Å². The van der Waals surface area contributed by atoms with Crippen molar-refractivity contribution < 1.29 is 9.90 Å². The average molecular weight is 234 g/mol. The van der Waals surface area contributed by atoms with Gasteiger partial charge in [-0.25, -0.2) is 4.79 Å². The molecule has 2 fully saturated rings. The maximum absolute atomic E-state index is 11.4. The largest absolute Gasteiger partial charge is 0.478 e. The summed E-state index contributed by atoms with van der Waals surface area (Å²) in [5.41, 5.74) is 1.41. The molecule has 0 aromatic rings. The fourth-order valence-electron chi connectivity index (χ4n) is 5.25. The molecule has 94 valence electrons. The lowest BCUT2D eigenvalue weighted by atomic mass is 9.67. The third-order valence-corrected chi connectivity index (χ3v) is 5.71. The molecular weight excluding hydrogens is 212 g/mol. The molecule has 3 aliphatic carbocycles. The minimum absolute atomic E-state index is 0.289. The van der Waals surface area contributed by atoms with E-state index >= 15 is 0 Å². The van der Waals surface area contributed by atoms with E-state index in [1.165, 1.54) is 19.3 Å². The molecule has 0 amide bonds. The molecule has 0 saturated heterocycles. The van der Waals surface area contributed by atoms with Crippen LogP contribution in [0.4, 0.5) is 0 Å². The van der Waals surface area contributed by atoms with Gasteiger partial charge in [-0.3, -0.25) is 0 Å². The Bertz CT molecular complexity index is 407. The first kappa shape index (κ1) is 11.3. The van der Waals surface area contributed by atoms with Crippen molar-refractivity contribution >= 4 is 5.97 Å². The number of hydrogen-bond donors (Lipinski definition) is 1. The number of rotatable bonds is 1. The Morgan fingerprint density at radius 2 is 2.12 bits per heavy atom. The first-order valence-electron chi connectivity index (χ1n) is 6.82. The van der Waals surface area contributed by atoms with Gasteiger partial charge < -0.3 is 5.11 Å². The Morgan fingerprint density at radius 3 is 2.76 bits per heavy atom. The number of allylic oxidation sites excluding steroid dienone is 1.